The van der Waals surface area contributed by atoms with Gasteiger partial charge in [-0.1, -0.05) is 12.2 Å². The number of carbonyl (C=O) groups is 2. The van der Waals surface area contributed by atoms with Crippen molar-refractivity contribution in [3.8, 4) is 0 Å². The molecule has 3 aliphatic heterocycles. The molecule has 0 saturated carbocycles. The average molecular weight is 330 g/mol. The van der Waals surface area contributed by atoms with Crippen LogP contribution in [0.3, 0.4) is 0 Å². The molecule has 1 aromatic rings. The summed E-state index contributed by atoms with van der Waals surface area (Å²) in [4.78, 5) is 36.9. The number of rotatable bonds is 3. The molecule has 3 heterocycles. The third-order valence-corrected chi connectivity index (χ3v) is 5.12. The summed E-state index contributed by atoms with van der Waals surface area (Å²) in [5, 5.41) is 20.5. The lowest BCUT2D eigenvalue weighted by Gasteiger charge is -2.26. The molecule has 1 N–H and O–H groups in total. The Labute approximate surface area is 136 Å². The molecular formula is C16H14N2O6. The zero-order valence-electron chi connectivity index (χ0n) is 12.7. The van der Waals surface area contributed by atoms with Gasteiger partial charge in [-0.25, -0.2) is 4.90 Å². The number of hydrogen-bond donors (Lipinski definition) is 1. The SMILES string of the molecule is C[C@]12C=C[C@@](CO)(O1)[C@@H]1C(=O)N(c3ccc([N+](=O)[O-])cc3)C(=O)[C@@H]12. The van der Waals surface area contributed by atoms with Gasteiger partial charge in [-0.2, -0.15) is 0 Å². The molecule has 4 rings (SSSR count). The van der Waals surface area contributed by atoms with E-state index in [1.165, 1.54) is 24.3 Å². The number of aliphatic hydroxyl groups is 1. The first-order valence-corrected chi connectivity index (χ1v) is 7.47. The van der Waals surface area contributed by atoms with Crippen molar-refractivity contribution in [3.05, 3.63) is 46.5 Å². The molecule has 2 amide bonds. The molecule has 0 unspecified atom stereocenters. The number of ether oxygens (including phenoxy) is 1. The zero-order valence-corrected chi connectivity index (χ0v) is 12.7. The molecule has 0 aromatic heterocycles. The van der Waals surface area contributed by atoms with Crippen molar-refractivity contribution < 1.29 is 24.4 Å². The smallest absolute Gasteiger partial charge is 0.269 e. The fraction of sp³-hybridized carbons (Fsp3) is 0.375. The van der Waals surface area contributed by atoms with E-state index in [9.17, 15) is 24.8 Å². The van der Waals surface area contributed by atoms with Gasteiger partial charge in [-0.3, -0.25) is 19.7 Å². The Morgan fingerprint density at radius 2 is 1.83 bits per heavy atom. The molecule has 4 atom stereocenters. The molecule has 3 aliphatic rings. The molecule has 8 nitrogen and oxygen atoms in total. The molecule has 2 bridgehead atoms. The van der Waals surface area contributed by atoms with Gasteiger partial charge in [0.25, 0.3) is 5.69 Å². The Balaban J connectivity index is 1.75. The number of aliphatic hydroxyl groups excluding tert-OH is 1. The standard InChI is InChI=1S/C16H14N2O6/c1-15-6-7-16(8-19,24-15)12-11(15)13(20)17(14(12)21)9-2-4-10(5-3-9)18(22)23/h2-7,11-12,19H,8H2,1H3/t11-,12+,15-,16+/m1/s1. The van der Waals surface area contributed by atoms with Crippen LogP contribution in [-0.4, -0.2) is 39.7 Å². The van der Waals surface area contributed by atoms with Crippen molar-refractivity contribution in [2.24, 2.45) is 11.8 Å². The van der Waals surface area contributed by atoms with E-state index in [-0.39, 0.29) is 11.4 Å². The molecule has 0 radical (unpaired) electrons. The van der Waals surface area contributed by atoms with Crippen molar-refractivity contribution >= 4 is 23.2 Å². The summed E-state index contributed by atoms with van der Waals surface area (Å²) in [6, 6.07) is 5.24. The second-order valence-electron chi connectivity index (χ2n) is 6.47. The summed E-state index contributed by atoms with van der Waals surface area (Å²) in [5.41, 5.74) is -1.96. The Morgan fingerprint density at radius 1 is 1.21 bits per heavy atom. The Hall–Kier alpha value is -2.58. The Kier molecular flexibility index (Phi) is 2.80. The highest BCUT2D eigenvalue weighted by molar-refractivity contribution is 6.23. The van der Waals surface area contributed by atoms with E-state index >= 15 is 0 Å². The highest BCUT2D eigenvalue weighted by Crippen LogP contribution is 2.57. The van der Waals surface area contributed by atoms with Crippen LogP contribution in [0.4, 0.5) is 11.4 Å². The number of benzene rings is 1. The van der Waals surface area contributed by atoms with Gasteiger partial charge in [0.05, 0.1) is 34.7 Å². The van der Waals surface area contributed by atoms with E-state index in [0.29, 0.717) is 0 Å². The lowest BCUT2D eigenvalue weighted by atomic mass is 9.73. The number of amides is 2. The summed E-state index contributed by atoms with van der Waals surface area (Å²) >= 11 is 0. The number of anilines is 1. The molecule has 2 fully saturated rings. The van der Waals surface area contributed by atoms with Crippen molar-refractivity contribution in [1.29, 1.82) is 0 Å². The highest BCUT2D eigenvalue weighted by Gasteiger charge is 2.72. The number of fused-ring (bicyclic) bond motifs is 5. The fourth-order valence-electron chi connectivity index (χ4n) is 4.02. The van der Waals surface area contributed by atoms with Crippen LogP contribution in [0.25, 0.3) is 0 Å². The van der Waals surface area contributed by atoms with Gasteiger partial charge in [-0.05, 0) is 19.1 Å². The van der Waals surface area contributed by atoms with Gasteiger partial charge in [-0.15, -0.1) is 0 Å². The van der Waals surface area contributed by atoms with Crippen molar-refractivity contribution in [1.82, 2.24) is 0 Å². The number of nitro groups is 1. The van der Waals surface area contributed by atoms with Crippen LogP contribution in [0, 0.1) is 22.0 Å². The Bertz CT molecular complexity index is 803. The van der Waals surface area contributed by atoms with Crippen LogP contribution in [0.1, 0.15) is 6.92 Å². The second-order valence-corrected chi connectivity index (χ2v) is 6.47. The van der Waals surface area contributed by atoms with Gasteiger partial charge in [0.15, 0.2) is 0 Å². The monoisotopic (exact) mass is 330 g/mol. The van der Waals surface area contributed by atoms with E-state index in [1.807, 2.05) is 0 Å². The number of non-ortho nitro benzene ring substituents is 1. The van der Waals surface area contributed by atoms with Crippen LogP contribution < -0.4 is 4.90 Å². The van der Waals surface area contributed by atoms with Crippen LogP contribution in [-0.2, 0) is 14.3 Å². The van der Waals surface area contributed by atoms with Crippen LogP contribution in [0.5, 0.6) is 0 Å². The van der Waals surface area contributed by atoms with E-state index in [1.54, 1.807) is 19.1 Å². The maximum Gasteiger partial charge on any atom is 0.269 e. The number of nitro benzene ring substituents is 1. The topological polar surface area (TPSA) is 110 Å². The minimum absolute atomic E-state index is 0.123. The predicted molar refractivity (Wildman–Crippen MR) is 81.0 cm³/mol. The summed E-state index contributed by atoms with van der Waals surface area (Å²) in [6.45, 7) is 1.32. The Morgan fingerprint density at radius 3 is 2.42 bits per heavy atom. The number of imide groups is 1. The summed E-state index contributed by atoms with van der Waals surface area (Å²) in [7, 11) is 0. The minimum Gasteiger partial charge on any atom is -0.393 e. The largest absolute Gasteiger partial charge is 0.393 e. The number of nitrogens with zero attached hydrogens (tertiary/aromatic N) is 2. The third kappa shape index (κ3) is 1.64. The molecule has 0 spiro atoms. The number of carbonyl (C=O) groups excluding carboxylic acids is 2. The molecule has 1 aromatic carbocycles. The quantitative estimate of drug-likeness (QED) is 0.380. The van der Waals surface area contributed by atoms with Crippen LogP contribution in [0.15, 0.2) is 36.4 Å². The first kappa shape index (κ1) is 15.0. The molecule has 24 heavy (non-hydrogen) atoms. The first-order chi connectivity index (χ1) is 11.3. The van der Waals surface area contributed by atoms with E-state index < -0.39 is 46.4 Å². The van der Waals surface area contributed by atoms with Gasteiger partial charge in [0.2, 0.25) is 11.8 Å². The van der Waals surface area contributed by atoms with Gasteiger partial charge in [0, 0.05) is 12.1 Å². The maximum absolute atomic E-state index is 12.9. The lowest BCUT2D eigenvalue weighted by Crippen LogP contribution is -2.43. The zero-order chi connectivity index (χ0) is 17.3. The number of hydrogen-bond acceptors (Lipinski definition) is 6. The molecule has 124 valence electrons. The van der Waals surface area contributed by atoms with Crippen molar-refractivity contribution in [2.75, 3.05) is 11.5 Å². The van der Waals surface area contributed by atoms with Crippen LogP contribution in [0.2, 0.25) is 0 Å². The predicted octanol–water partition coefficient (Wildman–Crippen LogP) is 0.790. The minimum atomic E-state index is -1.18. The maximum atomic E-state index is 12.9. The molecule has 8 heteroatoms. The van der Waals surface area contributed by atoms with E-state index in [4.69, 9.17) is 4.74 Å². The van der Waals surface area contributed by atoms with Crippen molar-refractivity contribution in [3.63, 3.8) is 0 Å². The lowest BCUT2D eigenvalue weighted by molar-refractivity contribution is -0.384. The third-order valence-electron chi connectivity index (χ3n) is 5.12. The van der Waals surface area contributed by atoms with Gasteiger partial charge >= 0.3 is 0 Å². The molecule has 0 aliphatic carbocycles. The fourth-order valence-corrected chi connectivity index (χ4v) is 4.02. The van der Waals surface area contributed by atoms with E-state index in [0.717, 1.165) is 4.90 Å². The average Bonchev–Trinajstić information content (AvgIpc) is 3.14. The first-order valence-electron chi connectivity index (χ1n) is 7.47. The summed E-state index contributed by atoms with van der Waals surface area (Å²) in [6.07, 6.45) is 3.37. The highest BCUT2D eigenvalue weighted by atomic mass is 16.6. The van der Waals surface area contributed by atoms with Crippen LogP contribution >= 0.6 is 0 Å². The van der Waals surface area contributed by atoms with Gasteiger partial charge in [0.1, 0.15) is 5.60 Å². The van der Waals surface area contributed by atoms with Crippen molar-refractivity contribution in [2.45, 2.75) is 18.1 Å². The summed E-state index contributed by atoms with van der Waals surface area (Å²) < 4.78 is 5.82. The molecular weight excluding hydrogens is 316 g/mol. The normalized spacial score (nSPS) is 36.5. The van der Waals surface area contributed by atoms with E-state index in [2.05, 4.69) is 0 Å². The second kappa shape index (κ2) is 4.49. The summed E-state index contributed by atoms with van der Waals surface area (Å²) in [5.74, 6) is -2.38. The molecule has 2 saturated heterocycles. The van der Waals surface area contributed by atoms with Gasteiger partial charge < -0.3 is 9.84 Å².